The van der Waals surface area contributed by atoms with Crippen LogP contribution in [0.2, 0.25) is 0 Å². The Morgan fingerprint density at radius 1 is 0.373 bits per heavy atom. The van der Waals surface area contributed by atoms with Gasteiger partial charge in [0.2, 0.25) is 0 Å². The molecule has 0 saturated heterocycles. The summed E-state index contributed by atoms with van der Waals surface area (Å²) in [4.78, 5) is 0. The van der Waals surface area contributed by atoms with Gasteiger partial charge in [0.1, 0.15) is 0 Å². The van der Waals surface area contributed by atoms with E-state index in [0.717, 1.165) is 38.5 Å². The van der Waals surface area contributed by atoms with E-state index in [-0.39, 0.29) is 5.92 Å². The van der Waals surface area contributed by atoms with Crippen LogP contribution in [0.5, 0.6) is 0 Å². The molecular formula is C59H56. The SMILES string of the molecule is CCCCc1ccccc1C(c1c(-c2ccccc2)c(CC)c(-c2ccccc2)c(CCC)c1-c1ccccc1)C(c1ccccc1)(c1ccccc1)c1ccccc1. The van der Waals surface area contributed by atoms with E-state index < -0.39 is 5.41 Å². The second kappa shape index (κ2) is 18.6. The zero-order valence-electron chi connectivity index (χ0n) is 34.9. The van der Waals surface area contributed by atoms with Crippen molar-refractivity contribution in [3.05, 3.63) is 251 Å². The third kappa shape index (κ3) is 7.61. The van der Waals surface area contributed by atoms with Gasteiger partial charge >= 0.3 is 0 Å². The number of rotatable bonds is 15. The Morgan fingerprint density at radius 2 is 0.763 bits per heavy atom. The molecule has 0 spiro atoms. The first kappa shape index (κ1) is 39.6. The lowest BCUT2D eigenvalue weighted by Crippen LogP contribution is -2.38. The lowest BCUT2D eigenvalue weighted by atomic mass is 9.55. The first-order valence-corrected chi connectivity index (χ1v) is 21.8. The van der Waals surface area contributed by atoms with Crippen molar-refractivity contribution in [2.24, 2.45) is 0 Å². The van der Waals surface area contributed by atoms with Crippen molar-refractivity contribution >= 4 is 0 Å². The van der Waals surface area contributed by atoms with Crippen LogP contribution in [0.1, 0.15) is 90.5 Å². The molecule has 0 heteroatoms. The van der Waals surface area contributed by atoms with Crippen molar-refractivity contribution in [1.29, 1.82) is 0 Å². The maximum atomic E-state index is 2.47. The minimum Gasteiger partial charge on any atom is -0.0654 e. The van der Waals surface area contributed by atoms with Crippen molar-refractivity contribution in [3.63, 3.8) is 0 Å². The molecule has 0 fully saturated rings. The Morgan fingerprint density at radius 3 is 1.19 bits per heavy atom. The summed E-state index contributed by atoms with van der Waals surface area (Å²) >= 11 is 0. The average Bonchev–Trinajstić information content (AvgIpc) is 3.31. The summed E-state index contributed by atoms with van der Waals surface area (Å²) in [6.45, 7) is 7.04. The highest BCUT2D eigenvalue weighted by Gasteiger charge is 2.48. The lowest BCUT2D eigenvalue weighted by molar-refractivity contribution is 0.534. The van der Waals surface area contributed by atoms with Gasteiger partial charge in [-0.25, -0.2) is 0 Å². The molecule has 1 unspecified atom stereocenters. The summed E-state index contributed by atoms with van der Waals surface area (Å²) in [7, 11) is 0. The van der Waals surface area contributed by atoms with E-state index in [1.807, 2.05) is 0 Å². The van der Waals surface area contributed by atoms with Crippen molar-refractivity contribution in [3.8, 4) is 33.4 Å². The topological polar surface area (TPSA) is 0 Å². The maximum absolute atomic E-state index is 2.47. The van der Waals surface area contributed by atoms with Gasteiger partial charge in [0.15, 0.2) is 0 Å². The van der Waals surface area contributed by atoms with Crippen molar-refractivity contribution in [2.75, 3.05) is 0 Å². The highest BCUT2D eigenvalue weighted by Crippen LogP contribution is 2.59. The third-order valence-electron chi connectivity index (χ3n) is 12.4. The van der Waals surface area contributed by atoms with Gasteiger partial charge in [0, 0.05) is 5.92 Å². The van der Waals surface area contributed by atoms with Crippen LogP contribution in [-0.4, -0.2) is 0 Å². The zero-order valence-corrected chi connectivity index (χ0v) is 34.9. The molecular weight excluding hydrogens is 709 g/mol. The van der Waals surface area contributed by atoms with Crippen LogP contribution in [0.3, 0.4) is 0 Å². The summed E-state index contributed by atoms with van der Waals surface area (Å²) in [6.07, 6.45) is 6.17. The number of benzene rings is 8. The minimum atomic E-state index is -0.637. The van der Waals surface area contributed by atoms with E-state index >= 15 is 0 Å². The van der Waals surface area contributed by atoms with Gasteiger partial charge in [-0.2, -0.15) is 0 Å². The van der Waals surface area contributed by atoms with Gasteiger partial charge in [-0.1, -0.05) is 240 Å². The first-order chi connectivity index (χ1) is 29.2. The quantitative estimate of drug-likeness (QED) is 0.0912. The number of hydrogen-bond acceptors (Lipinski definition) is 0. The van der Waals surface area contributed by atoms with Crippen molar-refractivity contribution in [1.82, 2.24) is 0 Å². The fourth-order valence-corrected chi connectivity index (χ4v) is 9.97. The summed E-state index contributed by atoms with van der Waals surface area (Å²) in [5.74, 6) is -0.140. The Hall–Kier alpha value is -6.24. The van der Waals surface area contributed by atoms with E-state index in [1.54, 1.807) is 0 Å². The largest absolute Gasteiger partial charge is 0.0654 e. The molecule has 0 nitrogen and oxygen atoms in total. The zero-order chi connectivity index (χ0) is 40.4. The molecule has 0 N–H and O–H groups in total. The standard InChI is InChI=1S/C59H56/c1-4-7-29-44-30-26-27-43-52(44)58(59(48-37-20-11-21-38-48,49-39-22-12-23-40-49)50-41-24-13-25-42-50)57-55(46-33-16-9-17-34-46)51(6-3)54(45-31-14-8-15-32-45)53(28-5-2)56(57)47-35-18-10-19-36-47/h8-27,30-43,58H,4-7,28-29H2,1-3H3. The maximum Gasteiger partial charge on any atom is 0.0560 e. The summed E-state index contributed by atoms with van der Waals surface area (Å²) in [5, 5.41) is 0. The second-order valence-corrected chi connectivity index (χ2v) is 15.8. The molecule has 0 heterocycles. The molecule has 8 aromatic carbocycles. The normalized spacial score (nSPS) is 12.0. The van der Waals surface area contributed by atoms with Crippen molar-refractivity contribution < 1.29 is 0 Å². The van der Waals surface area contributed by atoms with Crippen molar-refractivity contribution in [2.45, 2.75) is 70.6 Å². The molecule has 0 aromatic heterocycles. The minimum absolute atomic E-state index is 0.140. The molecule has 0 amide bonds. The Bertz CT molecular complexity index is 2440. The number of unbranched alkanes of at least 4 members (excludes halogenated alkanes) is 1. The molecule has 0 saturated carbocycles. The molecule has 1 atom stereocenters. The second-order valence-electron chi connectivity index (χ2n) is 15.8. The van der Waals surface area contributed by atoms with E-state index in [4.69, 9.17) is 0 Å². The Balaban J connectivity index is 1.71. The Labute approximate surface area is 353 Å². The predicted molar refractivity (Wildman–Crippen MR) is 252 cm³/mol. The van der Waals surface area contributed by atoms with Gasteiger partial charge in [-0.15, -0.1) is 0 Å². The highest BCUT2D eigenvalue weighted by molar-refractivity contribution is 5.94. The average molecular weight is 765 g/mol. The Kier molecular flexibility index (Phi) is 12.5. The van der Waals surface area contributed by atoms with Crippen LogP contribution in [-0.2, 0) is 24.7 Å². The van der Waals surface area contributed by atoms with Gasteiger partial charge in [0.05, 0.1) is 5.41 Å². The molecule has 0 aliphatic heterocycles. The van der Waals surface area contributed by atoms with E-state index in [1.165, 1.54) is 77.9 Å². The third-order valence-corrected chi connectivity index (χ3v) is 12.4. The summed E-state index contributed by atoms with van der Waals surface area (Å²) in [5.41, 5.74) is 18.2. The number of hydrogen-bond donors (Lipinski definition) is 0. The molecule has 8 aromatic rings. The van der Waals surface area contributed by atoms with Gasteiger partial charge in [-0.05, 0) is 104 Å². The molecule has 0 aliphatic carbocycles. The van der Waals surface area contributed by atoms with Gasteiger partial charge < -0.3 is 0 Å². The summed E-state index contributed by atoms with van der Waals surface area (Å²) in [6, 6.07) is 77.6. The van der Waals surface area contributed by atoms with Crippen LogP contribution in [0.4, 0.5) is 0 Å². The van der Waals surface area contributed by atoms with E-state index in [2.05, 4.69) is 227 Å². The first-order valence-electron chi connectivity index (χ1n) is 21.8. The smallest absolute Gasteiger partial charge is 0.0560 e. The molecule has 0 bridgehead atoms. The number of aryl methyl sites for hydroxylation is 1. The van der Waals surface area contributed by atoms with Gasteiger partial charge in [-0.3, -0.25) is 0 Å². The molecule has 0 aliphatic rings. The van der Waals surface area contributed by atoms with Gasteiger partial charge in [0.25, 0.3) is 0 Å². The van der Waals surface area contributed by atoms with Crippen LogP contribution in [0, 0.1) is 0 Å². The lowest BCUT2D eigenvalue weighted by Gasteiger charge is -2.46. The van der Waals surface area contributed by atoms with Crippen LogP contribution < -0.4 is 0 Å². The van der Waals surface area contributed by atoms with Crippen LogP contribution in [0.15, 0.2) is 206 Å². The molecule has 0 radical (unpaired) electrons. The highest BCUT2D eigenvalue weighted by atomic mass is 14.5. The summed E-state index contributed by atoms with van der Waals surface area (Å²) < 4.78 is 0. The molecule has 8 rings (SSSR count). The predicted octanol–water partition coefficient (Wildman–Crippen LogP) is 15.7. The van der Waals surface area contributed by atoms with E-state index in [9.17, 15) is 0 Å². The van der Waals surface area contributed by atoms with E-state index in [0.29, 0.717) is 0 Å². The molecule has 292 valence electrons. The van der Waals surface area contributed by atoms with Crippen LogP contribution in [0.25, 0.3) is 33.4 Å². The van der Waals surface area contributed by atoms with Crippen LogP contribution >= 0.6 is 0 Å². The molecule has 59 heavy (non-hydrogen) atoms. The fraction of sp³-hybridized carbons (Fsp3) is 0.186. The monoisotopic (exact) mass is 764 g/mol. The fourth-order valence-electron chi connectivity index (χ4n) is 9.97.